The summed E-state index contributed by atoms with van der Waals surface area (Å²) >= 11 is 0. The minimum absolute atomic E-state index is 0.0178. The average Bonchev–Trinajstić information content (AvgIpc) is 2.57. The van der Waals surface area contributed by atoms with Crippen molar-refractivity contribution in [2.24, 2.45) is 0 Å². The van der Waals surface area contributed by atoms with Gasteiger partial charge in [-0.15, -0.1) is 0 Å². The van der Waals surface area contributed by atoms with Crippen molar-refractivity contribution in [3.8, 4) is 0 Å². The molecule has 0 aromatic carbocycles. The van der Waals surface area contributed by atoms with Gasteiger partial charge >= 0.3 is 6.18 Å². The maximum absolute atomic E-state index is 12.4. The molecule has 1 heterocycles. The van der Waals surface area contributed by atoms with E-state index in [1.54, 1.807) is 0 Å². The summed E-state index contributed by atoms with van der Waals surface area (Å²) in [5, 5.41) is 3.34. The van der Waals surface area contributed by atoms with Gasteiger partial charge in [-0.05, 0) is 12.5 Å². The van der Waals surface area contributed by atoms with Crippen molar-refractivity contribution >= 4 is 0 Å². The Kier molecular flexibility index (Phi) is 3.71. The lowest BCUT2D eigenvalue weighted by Gasteiger charge is -2.03. The molecular formula is C9H12F4N2. The predicted octanol–water partition coefficient (Wildman–Crippen LogP) is 3.17. The molecule has 0 unspecified atom stereocenters. The lowest BCUT2D eigenvalue weighted by atomic mass is 10.3. The van der Waals surface area contributed by atoms with E-state index in [0.717, 1.165) is 17.2 Å². The fourth-order valence-electron chi connectivity index (χ4n) is 1.20. The van der Waals surface area contributed by atoms with Crippen LogP contribution in [0.2, 0.25) is 0 Å². The van der Waals surface area contributed by atoms with Crippen molar-refractivity contribution in [1.82, 2.24) is 9.78 Å². The molecule has 0 aliphatic carbocycles. The minimum atomic E-state index is -4.50. The highest BCUT2D eigenvalue weighted by Crippen LogP contribution is 2.28. The molecule has 0 fully saturated rings. The van der Waals surface area contributed by atoms with Crippen LogP contribution < -0.4 is 0 Å². The van der Waals surface area contributed by atoms with Crippen LogP contribution in [-0.2, 0) is 19.4 Å². The van der Waals surface area contributed by atoms with Gasteiger partial charge in [0, 0.05) is 6.54 Å². The number of halogens is 4. The number of aryl methyl sites for hydroxylation is 1. The first kappa shape index (κ1) is 12.0. The van der Waals surface area contributed by atoms with Crippen LogP contribution in [0.1, 0.15) is 31.2 Å². The molecule has 0 saturated carbocycles. The quantitative estimate of drug-likeness (QED) is 0.718. The highest BCUT2D eigenvalue weighted by atomic mass is 19.4. The van der Waals surface area contributed by atoms with Gasteiger partial charge in [0.2, 0.25) is 0 Å². The van der Waals surface area contributed by atoms with E-state index in [1.165, 1.54) is 0 Å². The molecule has 1 aromatic heterocycles. The molecule has 0 spiro atoms. The molecule has 0 amide bonds. The summed E-state index contributed by atoms with van der Waals surface area (Å²) < 4.78 is 50.2. The smallest absolute Gasteiger partial charge is 0.266 e. The number of hydrogen-bond acceptors (Lipinski definition) is 1. The second-order valence-corrected chi connectivity index (χ2v) is 3.23. The zero-order valence-corrected chi connectivity index (χ0v) is 8.31. The Labute approximate surface area is 84.9 Å². The normalized spacial score (nSPS) is 12.1. The summed E-state index contributed by atoms with van der Waals surface area (Å²) in [6.07, 6.45) is -2.99. The molecule has 0 bridgehead atoms. The number of rotatable bonds is 4. The molecular weight excluding hydrogens is 212 g/mol. The lowest BCUT2D eigenvalue weighted by Crippen LogP contribution is -2.08. The van der Waals surface area contributed by atoms with Crippen molar-refractivity contribution in [2.45, 2.75) is 39.2 Å². The minimum Gasteiger partial charge on any atom is -0.266 e. The second kappa shape index (κ2) is 4.63. The number of aromatic nitrogens is 2. The zero-order chi connectivity index (χ0) is 11.5. The van der Waals surface area contributed by atoms with E-state index in [0.29, 0.717) is 13.0 Å². The number of unbranched alkanes of at least 4 members (excludes halogenated alkanes) is 1. The monoisotopic (exact) mass is 224 g/mol. The van der Waals surface area contributed by atoms with Crippen molar-refractivity contribution in [3.05, 3.63) is 17.5 Å². The number of nitrogens with zero attached hydrogens (tertiary/aromatic N) is 2. The van der Waals surface area contributed by atoms with Crippen LogP contribution in [0, 0.1) is 0 Å². The van der Waals surface area contributed by atoms with Gasteiger partial charge in [-0.25, -0.2) is 4.39 Å². The van der Waals surface area contributed by atoms with E-state index >= 15 is 0 Å². The molecule has 0 radical (unpaired) electrons. The van der Waals surface area contributed by atoms with E-state index in [1.807, 2.05) is 6.92 Å². The lowest BCUT2D eigenvalue weighted by molar-refractivity contribution is -0.141. The summed E-state index contributed by atoms with van der Waals surface area (Å²) in [5.74, 6) is 0. The van der Waals surface area contributed by atoms with Crippen LogP contribution in [-0.4, -0.2) is 9.78 Å². The van der Waals surface area contributed by atoms with Gasteiger partial charge in [0.15, 0.2) is 5.69 Å². The molecule has 2 nitrogen and oxygen atoms in total. The molecule has 1 aromatic rings. The van der Waals surface area contributed by atoms with Crippen molar-refractivity contribution in [3.63, 3.8) is 0 Å². The SMILES string of the molecule is CCCCn1nc(C(F)(F)F)cc1CF. The molecule has 0 saturated heterocycles. The molecule has 0 atom stereocenters. The second-order valence-electron chi connectivity index (χ2n) is 3.23. The largest absolute Gasteiger partial charge is 0.435 e. The standard InChI is InChI=1S/C9H12F4N2/c1-2-3-4-15-7(6-10)5-8(14-15)9(11,12)13/h5H,2-4,6H2,1H3. The molecule has 1 rings (SSSR count). The number of alkyl halides is 4. The van der Waals surface area contributed by atoms with Gasteiger partial charge in [0.1, 0.15) is 6.67 Å². The topological polar surface area (TPSA) is 17.8 Å². The Bertz CT molecular complexity index is 316. The Morgan fingerprint density at radius 3 is 2.53 bits per heavy atom. The van der Waals surface area contributed by atoms with Gasteiger partial charge in [-0.2, -0.15) is 18.3 Å². The molecule has 6 heteroatoms. The Morgan fingerprint density at radius 2 is 2.07 bits per heavy atom. The fraction of sp³-hybridized carbons (Fsp3) is 0.667. The first-order chi connectivity index (χ1) is 6.99. The first-order valence-electron chi connectivity index (χ1n) is 4.69. The number of hydrogen-bond donors (Lipinski definition) is 0. The summed E-state index contributed by atoms with van der Waals surface area (Å²) in [7, 11) is 0. The van der Waals surface area contributed by atoms with Crippen LogP contribution in [0.3, 0.4) is 0 Å². The van der Waals surface area contributed by atoms with E-state index < -0.39 is 18.5 Å². The van der Waals surface area contributed by atoms with Crippen LogP contribution in [0.15, 0.2) is 6.07 Å². The molecule has 0 N–H and O–H groups in total. The van der Waals surface area contributed by atoms with Crippen molar-refractivity contribution in [2.75, 3.05) is 0 Å². The third kappa shape index (κ3) is 2.94. The van der Waals surface area contributed by atoms with E-state index in [2.05, 4.69) is 5.10 Å². The average molecular weight is 224 g/mol. The van der Waals surface area contributed by atoms with Crippen molar-refractivity contribution < 1.29 is 17.6 Å². The first-order valence-corrected chi connectivity index (χ1v) is 4.69. The van der Waals surface area contributed by atoms with Gasteiger partial charge in [0.25, 0.3) is 0 Å². The Hall–Kier alpha value is -1.07. The van der Waals surface area contributed by atoms with E-state index in [4.69, 9.17) is 0 Å². The van der Waals surface area contributed by atoms with Crippen LogP contribution in [0.4, 0.5) is 17.6 Å². The van der Waals surface area contributed by atoms with Gasteiger partial charge in [-0.3, -0.25) is 4.68 Å². The summed E-state index contributed by atoms with van der Waals surface area (Å²) in [6, 6.07) is 0.760. The predicted molar refractivity (Wildman–Crippen MR) is 46.9 cm³/mol. The van der Waals surface area contributed by atoms with Gasteiger partial charge in [0.05, 0.1) is 5.69 Å². The third-order valence-corrected chi connectivity index (χ3v) is 2.01. The third-order valence-electron chi connectivity index (χ3n) is 2.01. The Balaban J connectivity index is 2.90. The maximum atomic E-state index is 12.4. The highest BCUT2D eigenvalue weighted by Gasteiger charge is 2.34. The van der Waals surface area contributed by atoms with E-state index in [9.17, 15) is 17.6 Å². The van der Waals surface area contributed by atoms with Crippen LogP contribution in [0.5, 0.6) is 0 Å². The summed E-state index contributed by atoms with van der Waals surface area (Å²) in [4.78, 5) is 0. The van der Waals surface area contributed by atoms with Gasteiger partial charge < -0.3 is 0 Å². The summed E-state index contributed by atoms with van der Waals surface area (Å²) in [6.45, 7) is 1.31. The van der Waals surface area contributed by atoms with E-state index in [-0.39, 0.29) is 5.69 Å². The zero-order valence-electron chi connectivity index (χ0n) is 8.31. The van der Waals surface area contributed by atoms with Crippen LogP contribution >= 0.6 is 0 Å². The van der Waals surface area contributed by atoms with Crippen molar-refractivity contribution in [1.29, 1.82) is 0 Å². The van der Waals surface area contributed by atoms with Crippen LogP contribution in [0.25, 0.3) is 0 Å². The molecule has 15 heavy (non-hydrogen) atoms. The Morgan fingerprint density at radius 1 is 1.40 bits per heavy atom. The molecule has 86 valence electrons. The molecule has 0 aliphatic heterocycles. The maximum Gasteiger partial charge on any atom is 0.435 e. The highest BCUT2D eigenvalue weighted by molar-refractivity contribution is 5.12. The fourth-order valence-corrected chi connectivity index (χ4v) is 1.20. The summed E-state index contributed by atoms with van der Waals surface area (Å²) in [5.41, 5.74) is -1.04. The molecule has 0 aliphatic rings. The van der Waals surface area contributed by atoms with Gasteiger partial charge in [-0.1, -0.05) is 13.3 Å².